The van der Waals surface area contributed by atoms with Crippen molar-refractivity contribution in [1.29, 1.82) is 0 Å². The largest absolute Gasteiger partial charge is 0.508 e. The van der Waals surface area contributed by atoms with Gasteiger partial charge in [0.2, 0.25) is 5.91 Å². The first-order chi connectivity index (χ1) is 12.8. The molecule has 0 aromatic heterocycles. The fourth-order valence-electron chi connectivity index (χ4n) is 4.39. The number of phenols is 2. The maximum atomic E-state index is 12.8. The van der Waals surface area contributed by atoms with Gasteiger partial charge in [-0.15, -0.1) is 0 Å². The van der Waals surface area contributed by atoms with Crippen LogP contribution >= 0.6 is 0 Å². The zero-order valence-corrected chi connectivity index (χ0v) is 15.8. The lowest BCUT2D eigenvalue weighted by Gasteiger charge is -2.21. The van der Waals surface area contributed by atoms with E-state index in [4.69, 9.17) is 0 Å². The Kier molecular flexibility index (Phi) is 5.37. The van der Waals surface area contributed by atoms with E-state index in [1.165, 1.54) is 0 Å². The molecule has 3 rings (SSSR count). The second-order valence-corrected chi connectivity index (χ2v) is 7.30. The number of hydrogen-bond donors (Lipinski definition) is 4. The molecule has 4 N–H and O–H groups in total. The summed E-state index contributed by atoms with van der Waals surface area (Å²) in [6.45, 7) is 5.57. The highest BCUT2D eigenvalue weighted by Crippen LogP contribution is 2.34. The quantitative estimate of drug-likeness (QED) is 0.648. The fraction of sp³-hybridized carbons (Fsp3) is 0.429. The van der Waals surface area contributed by atoms with Gasteiger partial charge in [-0.25, -0.2) is 0 Å². The smallest absolute Gasteiger partial charge is 0.237 e. The van der Waals surface area contributed by atoms with E-state index in [-0.39, 0.29) is 47.6 Å². The van der Waals surface area contributed by atoms with E-state index >= 15 is 0 Å². The second kappa shape index (κ2) is 7.56. The Hall–Kier alpha value is -2.60. The monoisotopic (exact) mass is 370 g/mol. The minimum absolute atomic E-state index is 0.0192. The molecule has 144 valence electrons. The summed E-state index contributed by atoms with van der Waals surface area (Å²) in [5.41, 5.74) is 0.473. The van der Waals surface area contributed by atoms with Gasteiger partial charge in [0.15, 0.2) is 0 Å². The number of carbonyl (C=O) groups is 2. The van der Waals surface area contributed by atoms with Gasteiger partial charge in [-0.3, -0.25) is 9.59 Å². The average Bonchev–Trinajstić information content (AvgIpc) is 2.97. The predicted octanol–water partition coefficient (Wildman–Crippen LogP) is 2.46. The molecular formula is C21H26N2O4. The van der Waals surface area contributed by atoms with Crippen LogP contribution in [0.3, 0.4) is 0 Å². The van der Waals surface area contributed by atoms with Gasteiger partial charge in [-0.05, 0) is 37.3 Å². The fourth-order valence-corrected chi connectivity index (χ4v) is 4.39. The standard InChI is InChI=1S/C21H26N2O4/c1-4-14-18(12(3)24)11(2)23-20(14)21(27)22-10-15-16(25)9-8-13-6-5-7-17(26)19(13)15/h5-9,11,14,18,20,23,25-26H,4,10H2,1-3H3,(H,22,27). The van der Waals surface area contributed by atoms with E-state index in [2.05, 4.69) is 10.6 Å². The van der Waals surface area contributed by atoms with E-state index in [1.54, 1.807) is 31.2 Å². The maximum Gasteiger partial charge on any atom is 0.237 e. The van der Waals surface area contributed by atoms with Crippen molar-refractivity contribution < 1.29 is 19.8 Å². The SMILES string of the molecule is CCC1C(C(=O)NCc2c(O)ccc3cccc(O)c23)NC(C)C1C(C)=O. The van der Waals surface area contributed by atoms with Crippen molar-refractivity contribution in [1.82, 2.24) is 10.6 Å². The van der Waals surface area contributed by atoms with Crippen molar-refractivity contribution in [2.24, 2.45) is 11.8 Å². The van der Waals surface area contributed by atoms with Gasteiger partial charge >= 0.3 is 0 Å². The lowest BCUT2D eigenvalue weighted by atomic mass is 9.83. The number of nitrogens with one attached hydrogen (secondary N) is 2. The second-order valence-electron chi connectivity index (χ2n) is 7.30. The third kappa shape index (κ3) is 3.49. The van der Waals surface area contributed by atoms with Gasteiger partial charge in [0.25, 0.3) is 0 Å². The molecule has 2 aromatic rings. The molecule has 1 aliphatic rings. The Balaban J connectivity index is 1.82. The van der Waals surface area contributed by atoms with Crippen LogP contribution in [0.25, 0.3) is 10.8 Å². The lowest BCUT2D eigenvalue weighted by molar-refractivity contribution is -0.125. The van der Waals surface area contributed by atoms with Crippen LogP contribution in [0.2, 0.25) is 0 Å². The zero-order valence-electron chi connectivity index (χ0n) is 15.8. The van der Waals surface area contributed by atoms with Gasteiger partial charge in [0.1, 0.15) is 17.3 Å². The number of phenolic OH excluding ortho intramolecular Hbond substituents is 2. The van der Waals surface area contributed by atoms with Crippen molar-refractivity contribution in [2.45, 2.75) is 45.8 Å². The number of hydrogen-bond acceptors (Lipinski definition) is 5. The molecule has 0 radical (unpaired) electrons. The molecule has 1 aliphatic heterocycles. The zero-order chi connectivity index (χ0) is 19.7. The van der Waals surface area contributed by atoms with Crippen molar-refractivity contribution in [3.8, 4) is 11.5 Å². The number of Topliss-reactive ketones (excluding diaryl/α,β-unsaturated/α-hetero) is 1. The Morgan fingerprint density at radius 3 is 2.56 bits per heavy atom. The predicted molar refractivity (Wildman–Crippen MR) is 103 cm³/mol. The topological polar surface area (TPSA) is 98.7 Å². The summed E-state index contributed by atoms with van der Waals surface area (Å²) >= 11 is 0. The Morgan fingerprint density at radius 1 is 1.15 bits per heavy atom. The molecule has 1 saturated heterocycles. The van der Waals surface area contributed by atoms with Crippen LogP contribution in [0.1, 0.15) is 32.8 Å². The minimum atomic E-state index is -0.454. The Morgan fingerprint density at radius 2 is 1.89 bits per heavy atom. The summed E-state index contributed by atoms with van der Waals surface area (Å²) < 4.78 is 0. The number of rotatable bonds is 5. The van der Waals surface area contributed by atoms with Gasteiger partial charge in [-0.2, -0.15) is 0 Å². The first-order valence-corrected chi connectivity index (χ1v) is 9.31. The first-order valence-electron chi connectivity index (χ1n) is 9.31. The summed E-state index contributed by atoms with van der Waals surface area (Å²) in [5, 5.41) is 27.8. The number of benzene rings is 2. The van der Waals surface area contributed by atoms with Gasteiger partial charge in [0, 0.05) is 29.5 Å². The van der Waals surface area contributed by atoms with Crippen LogP contribution in [0.5, 0.6) is 11.5 Å². The number of carbonyl (C=O) groups excluding carboxylic acids is 2. The molecule has 0 spiro atoms. The summed E-state index contributed by atoms with van der Waals surface area (Å²) in [6.07, 6.45) is 0.722. The van der Waals surface area contributed by atoms with Crippen LogP contribution in [-0.4, -0.2) is 34.0 Å². The van der Waals surface area contributed by atoms with Crippen molar-refractivity contribution in [3.63, 3.8) is 0 Å². The number of fused-ring (bicyclic) bond motifs is 1. The first kappa shape index (κ1) is 19.2. The van der Waals surface area contributed by atoms with Crippen molar-refractivity contribution in [2.75, 3.05) is 0 Å². The number of amides is 1. The summed E-state index contributed by atoms with van der Waals surface area (Å²) in [4.78, 5) is 24.8. The van der Waals surface area contributed by atoms with E-state index in [9.17, 15) is 19.8 Å². The molecule has 2 aromatic carbocycles. The highest BCUT2D eigenvalue weighted by Gasteiger charge is 2.45. The van der Waals surface area contributed by atoms with Gasteiger partial charge < -0.3 is 20.8 Å². The Bertz CT molecular complexity index is 880. The van der Waals surface area contributed by atoms with E-state index in [1.807, 2.05) is 19.9 Å². The van der Waals surface area contributed by atoms with E-state index in [0.29, 0.717) is 10.9 Å². The minimum Gasteiger partial charge on any atom is -0.508 e. The molecule has 1 amide bonds. The maximum absolute atomic E-state index is 12.8. The van der Waals surface area contributed by atoms with Crippen LogP contribution in [0.4, 0.5) is 0 Å². The van der Waals surface area contributed by atoms with Crippen LogP contribution in [0.15, 0.2) is 30.3 Å². The van der Waals surface area contributed by atoms with Crippen LogP contribution in [0, 0.1) is 11.8 Å². The molecule has 0 saturated carbocycles. The lowest BCUT2D eigenvalue weighted by Crippen LogP contribution is -2.44. The molecule has 0 aliphatic carbocycles. The summed E-state index contributed by atoms with van der Waals surface area (Å²) in [5.74, 6) is -0.278. The van der Waals surface area contributed by atoms with Gasteiger partial charge in [0.05, 0.1) is 6.04 Å². The van der Waals surface area contributed by atoms with Crippen molar-refractivity contribution >= 4 is 22.5 Å². The molecule has 0 bridgehead atoms. The summed E-state index contributed by atoms with van der Waals surface area (Å²) in [6, 6.07) is 7.89. The molecule has 1 heterocycles. The summed E-state index contributed by atoms with van der Waals surface area (Å²) in [7, 11) is 0. The molecular weight excluding hydrogens is 344 g/mol. The van der Waals surface area contributed by atoms with E-state index < -0.39 is 6.04 Å². The molecule has 6 heteroatoms. The average molecular weight is 370 g/mol. The highest BCUT2D eigenvalue weighted by atomic mass is 16.3. The molecule has 4 atom stereocenters. The molecule has 4 unspecified atom stereocenters. The van der Waals surface area contributed by atoms with Crippen molar-refractivity contribution in [3.05, 3.63) is 35.9 Å². The number of ketones is 1. The van der Waals surface area contributed by atoms with Crippen LogP contribution in [-0.2, 0) is 16.1 Å². The molecule has 6 nitrogen and oxygen atoms in total. The number of aromatic hydroxyl groups is 2. The Labute approximate surface area is 158 Å². The molecule has 27 heavy (non-hydrogen) atoms. The normalized spacial score (nSPS) is 24.9. The highest BCUT2D eigenvalue weighted by molar-refractivity contribution is 5.93. The third-order valence-corrected chi connectivity index (χ3v) is 5.64. The van der Waals surface area contributed by atoms with Crippen LogP contribution < -0.4 is 10.6 Å². The van der Waals surface area contributed by atoms with Gasteiger partial charge in [-0.1, -0.05) is 31.5 Å². The molecule has 1 fully saturated rings. The van der Waals surface area contributed by atoms with E-state index in [0.717, 1.165) is 11.8 Å². The third-order valence-electron chi connectivity index (χ3n) is 5.64.